The fourth-order valence-corrected chi connectivity index (χ4v) is 3.34. The van der Waals surface area contributed by atoms with Gasteiger partial charge in [-0.3, -0.25) is 4.99 Å². The van der Waals surface area contributed by atoms with Gasteiger partial charge in [0, 0.05) is 18.0 Å². The lowest BCUT2D eigenvalue weighted by Crippen LogP contribution is -2.22. The van der Waals surface area contributed by atoms with Crippen molar-refractivity contribution in [2.75, 3.05) is 21.3 Å². The maximum Gasteiger partial charge on any atom is 0.341 e. The monoisotopic (exact) mass is 372 g/mol. The smallest absolute Gasteiger partial charge is 0.341 e. The molecule has 146 valence electrons. The zero-order chi connectivity index (χ0) is 20.0. The Morgan fingerprint density at radius 1 is 1.33 bits per heavy atom. The average Bonchev–Trinajstić information content (AvgIpc) is 3.27. The Hall–Kier alpha value is -2.63. The number of nitrogens with zero attached hydrogens (tertiary/aromatic N) is 2. The first-order valence-corrected chi connectivity index (χ1v) is 8.92. The second kappa shape index (κ2) is 8.84. The quantitative estimate of drug-likeness (QED) is 0.228. The Labute approximate surface area is 160 Å². The van der Waals surface area contributed by atoms with Crippen molar-refractivity contribution >= 4 is 23.0 Å². The van der Waals surface area contributed by atoms with Crippen molar-refractivity contribution in [3.8, 4) is 0 Å². The number of carbonyl (C=O) groups excluding carboxylic acids is 1. The average molecular weight is 372 g/mol. The van der Waals surface area contributed by atoms with E-state index in [0.29, 0.717) is 17.1 Å². The molecule has 2 rings (SSSR count). The number of methoxy groups -OCH3 is 2. The lowest BCUT2D eigenvalue weighted by Gasteiger charge is -2.14. The van der Waals surface area contributed by atoms with Crippen molar-refractivity contribution in [2.45, 2.75) is 33.8 Å². The van der Waals surface area contributed by atoms with Crippen molar-refractivity contribution in [1.82, 2.24) is 0 Å². The summed E-state index contributed by atoms with van der Waals surface area (Å²) in [6.07, 6.45) is 2.48. The van der Waals surface area contributed by atoms with Gasteiger partial charge in [-0.2, -0.15) is 0 Å². The summed E-state index contributed by atoms with van der Waals surface area (Å²) in [5.41, 5.74) is 3.67. The Balaban J connectivity index is 2.17. The van der Waals surface area contributed by atoms with Gasteiger partial charge >= 0.3 is 5.97 Å². The van der Waals surface area contributed by atoms with E-state index in [4.69, 9.17) is 14.3 Å². The largest absolute Gasteiger partial charge is 0.503 e. The van der Waals surface area contributed by atoms with Crippen molar-refractivity contribution in [1.29, 1.82) is 0 Å². The van der Waals surface area contributed by atoms with Gasteiger partial charge < -0.3 is 14.3 Å². The van der Waals surface area contributed by atoms with Gasteiger partial charge in [0.15, 0.2) is 0 Å². The molecule has 0 N–H and O–H groups in total. The van der Waals surface area contributed by atoms with Crippen LogP contribution < -0.4 is 0 Å². The Kier molecular flexibility index (Phi) is 6.77. The van der Waals surface area contributed by atoms with Crippen molar-refractivity contribution < 1.29 is 19.1 Å². The molecule has 0 amide bonds. The van der Waals surface area contributed by atoms with Crippen LogP contribution in [0.15, 0.2) is 40.7 Å². The highest BCUT2D eigenvalue weighted by Crippen LogP contribution is 2.53. The summed E-state index contributed by atoms with van der Waals surface area (Å²) in [5, 5.41) is 4.26. The van der Waals surface area contributed by atoms with Gasteiger partial charge in [0.1, 0.15) is 12.2 Å². The molecule has 0 heterocycles. The normalized spacial score (nSPS) is 23.0. The summed E-state index contributed by atoms with van der Waals surface area (Å²) in [6, 6.07) is 7.43. The van der Waals surface area contributed by atoms with Gasteiger partial charge in [-0.25, -0.2) is 4.79 Å². The first kappa shape index (κ1) is 20.7. The van der Waals surface area contributed by atoms with E-state index in [9.17, 15) is 4.79 Å². The minimum atomic E-state index is -0.472. The third-order valence-electron chi connectivity index (χ3n) is 5.14. The van der Waals surface area contributed by atoms with Crippen LogP contribution in [0.4, 0.5) is 0 Å². The number of aliphatic imine (C=N–C) groups is 1. The molecule has 0 saturated heterocycles. The maximum atomic E-state index is 12.1. The summed E-state index contributed by atoms with van der Waals surface area (Å²) in [4.78, 5) is 22.1. The highest BCUT2D eigenvalue weighted by Gasteiger charge is 2.51. The van der Waals surface area contributed by atoms with E-state index in [2.05, 4.69) is 24.0 Å². The zero-order valence-corrected chi connectivity index (χ0v) is 16.9. The fraction of sp³-hybridized carbons (Fsp3) is 0.476. The van der Waals surface area contributed by atoms with E-state index in [1.54, 1.807) is 7.05 Å². The second-order valence-electron chi connectivity index (χ2n) is 6.96. The number of carbonyl (C=O) groups is 1. The van der Waals surface area contributed by atoms with Crippen LogP contribution in [0.25, 0.3) is 5.57 Å². The highest BCUT2D eigenvalue weighted by atomic mass is 16.6. The topological polar surface area (TPSA) is 69.5 Å². The summed E-state index contributed by atoms with van der Waals surface area (Å²) in [5.74, 6) is 0.129. The number of esters is 1. The van der Waals surface area contributed by atoms with Crippen molar-refractivity contribution in [3.05, 3.63) is 41.7 Å². The lowest BCUT2D eigenvalue weighted by atomic mass is 9.96. The van der Waals surface area contributed by atoms with Gasteiger partial charge in [-0.1, -0.05) is 43.3 Å². The Morgan fingerprint density at radius 3 is 2.56 bits per heavy atom. The van der Waals surface area contributed by atoms with Crippen LogP contribution in [0.5, 0.6) is 0 Å². The van der Waals surface area contributed by atoms with Gasteiger partial charge in [0.25, 0.3) is 0 Å². The summed E-state index contributed by atoms with van der Waals surface area (Å²) in [7, 11) is 4.61. The van der Waals surface area contributed by atoms with E-state index in [1.807, 2.05) is 31.2 Å². The van der Waals surface area contributed by atoms with Crippen LogP contribution in [0, 0.1) is 11.3 Å². The molecule has 0 aliphatic heterocycles. The van der Waals surface area contributed by atoms with Gasteiger partial charge in [0.2, 0.25) is 0 Å². The number of ether oxygens (including phenoxy) is 2. The van der Waals surface area contributed by atoms with Gasteiger partial charge in [-0.05, 0) is 24.8 Å². The van der Waals surface area contributed by atoms with Crippen molar-refractivity contribution in [2.24, 2.45) is 21.5 Å². The van der Waals surface area contributed by atoms with Gasteiger partial charge in [0.05, 0.1) is 31.9 Å². The molecular formula is C21H28N2O4. The molecule has 2 unspecified atom stereocenters. The molecule has 2 atom stereocenters. The molecule has 0 aromatic heterocycles. The minimum absolute atomic E-state index is 0.0862. The number of rotatable bonds is 8. The molecule has 1 aliphatic rings. The summed E-state index contributed by atoms with van der Waals surface area (Å²) < 4.78 is 9.88. The van der Waals surface area contributed by atoms with Crippen molar-refractivity contribution in [3.63, 3.8) is 0 Å². The van der Waals surface area contributed by atoms with Gasteiger partial charge in [-0.15, -0.1) is 0 Å². The zero-order valence-electron chi connectivity index (χ0n) is 16.9. The van der Waals surface area contributed by atoms with Crippen LogP contribution in [0.1, 0.15) is 38.3 Å². The molecule has 0 bridgehead atoms. The molecule has 6 heteroatoms. The molecule has 1 aromatic rings. The van der Waals surface area contributed by atoms with E-state index >= 15 is 0 Å². The lowest BCUT2D eigenvalue weighted by molar-refractivity contribution is -0.133. The molecule has 6 nitrogen and oxygen atoms in total. The molecular weight excluding hydrogens is 344 g/mol. The van der Waals surface area contributed by atoms with E-state index < -0.39 is 5.97 Å². The van der Waals surface area contributed by atoms with Crippen LogP contribution in [-0.4, -0.2) is 38.7 Å². The summed E-state index contributed by atoms with van der Waals surface area (Å²) >= 11 is 0. The third kappa shape index (κ3) is 4.56. The number of oxime groups is 1. The molecule has 1 aliphatic carbocycles. The Bertz CT molecular complexity index is 782. The second-order valence-corrected chi connectivity index (χ2v) is 6.96. The highest BCUT2D eigenvalue weighted by molar-refractivity contribution is 6.43. The predicted octanol–water partition coefficient (Wildman–Crippen LogP) is 3.86. The predicted molar refractivity (Wildman–Crippen MR) is 107 cm³/mol. The first-order valence-electron chi connectivity index (χ1n) is 8.92. The summed E-state index contributed by atoms with van der Waals surface area (Å²) in [6.45, 7) is 6.54. The minimum Gasteiger partial charge on any atom is -0.503 e. The molecule has 1 aromatic carbocycles. The maximum absolute atomic E-state index is 12.1. The number of hydrogen-bond donors (Lipinski definition) is 0. The number of hydrogen-bond acceptors (Lipinski definition) is 6. The molecule has 0 radical (unpaired) electrons. The van der Waals surface area contributed by atoms with Crippen LogP contribution in [0.3, 0.4) is 0 Å². The van der Waals surface area contributed by atoms with Crippen LogP contribution >= 0.6 is 0 Å². The van der Waals surface area contributed by atoms with Crippen LogP contribution in [-0.2, 0) is 25.7 Å². The third-order valence-corrected chi connectivity index (χ3v) is 5.14. The fourth-order valence-electron chi connectivity index (χ4n) is 3.34. The Morgan fingerprint density at radius 2 is 2.00 bits per heavy atom. The molecule has 1 saturated carbocycles. The number of benzene rings is 1. The van der Waals surface area contributed by atoms with Crippen LogP contribution in [0.2, 0.25) is 0 Å². The van der Waals surface area contributed by atoms with E-state index in [-0.39, 0.29) is 12.0 Å². The SMILES string of the molecule is CN=C(/C(C)=N/OCc1ccccc1/C(=C\OC)C(=O)OC)C1(C)CC1C. The van der Waals surface area contributed by atoms with E-state index in [0.717, 1.165) is 23.4 Å². The first-order chi connectivity index (χ1) is 12.9. The molecule has 1 fully saturated rings. The molecule has 0 spiro atoms. The van der Waals surface area contributed by atoms with E-state index in [1.165, 1.54) is 20.5 Å². The standard InChI is InChI=1S/C21H28N2O4/c1-14-11-21(14,3)19(22-4)15(2)23-27-12-16-9-7-8-10-17(16)18(13-25-5)20(24)26-6/h7-10,13-14H,11-12H2,1-6H3/b18-13+,22-19?,23-15+. The molecule has 27 heavy (non-hydrogen) atoms.